The lowest BCUT2D eigenvalue weighted by molar-refractivity contribution is -0.142. The van der Waals surface area contributed by atoms with Crippen LogP contribution in [0.3, 0.4) is 0 Å². The van der Waals surface area contributed by atoms with Crippen LogP contribution >= 0.6 is 0 Å². The summed E-state index contributed by atoms with van der Waals surface area (Å²) >= 11 is 0. The van der Waals surface area contributed by atoms with Gasteiger partial charge in [0.2, 0.25) is 5.89 Å². The highest BCUT2D eigenvalue weighted by Crippen LogP contribution is 2.42. The lowest BCUT2D eigenvalue weighted by Crippen LogP contribution is -2.32. The topological polar surface area (TPSA) is 79.5 Å². The number of aromatic nitrogens is 2. The molecular weight excluding hydrogens is 258 g/mol. The van der Waals surface area contributed by atoms with Gasteiger partial charge >= 0.3 is 5.97 Å². The molecule has 0 saturated carbocycles. The standard InChI is InChI=1S/C14H21N3O3/c1-14(2,3)13-15-11(20-16-13)7-17-8-4-5-10(17)9(6-8)12(18)19/h8-10H,4-7H2,1-3H3,(H,18,19). The summed E-state index contributed by atoms with van der Waals surface area (Å²) < 4.78 is 5.32. The molecule has 0 aliphatic carbocycles. The van der Waals surface area contributed by atoms with Crippen molar-refractivity contribution < 1.29 is 14.4 Å². The Hall–Kier alpha value is -1.43. The second-order valence-electron chi connectivity index (χ2n) is 6.91. The molecular formula is C14H21N3O3. The Morgan fingerprint density at radius 1 is 1.45 bits per heavy atom. The van der Waals surface area contributed by atoms with Crippen LogP contribution in [0.4, 0.5) is 0 Å². The molecule has 2 saturated heterocycles. The summed E-state index contributed by atoms with van der Waals surface area (Å²) in [5.41, 5.74) is -0.130. The average molecular weight is 279 g/mol. The molecule has 0 amide bonds. The average Bonchev–Trinajstić information content (AvgIpc) is 3.04. The number of fused-ring (bicyclic) bond motifs is 2. The zero-order chi connectivity index (χ0) is 14.5. The minimum atomic E-state index is -0.678. The van der Waals surface area contributed by atoms with Gasteiger partial charge < -0.3 is 9.63 Å². The van der Waals surface area contributed by atoms with Gasteiger partial charge in [-0.1, -0.05) is 25.9 Å². The van der Waals surface area contributed by atoms with Crippen molar-refractivity contribution in [1.82, 2.24) is 15.0 Å². The van der Waals surface area contributed by atoms with E-state index in [-0.39, 0.29) is 17.4 Å². The van der Waals surface area contributed by atoms with Crippen molar-refractivity contribution in [2.75, 3.05) is 0 Å². The predicted octanol–water partition coefficient (Wildman–Crippen LogP) is 1.80. The fraction of sp³-hybridized carbons (Fsp3) is 0.786. The summed E-state index contributed by atoms with van der Waals surface area (Å²) in [5, 5.41) is 13.3. The van der Waals surface area contributed by atoms with Crippen molar-refractivity contribution in [2.24, 2.45) is 5.92 Å². The van der Waals surface area contributed by atoms with Crippen LogP contribution in [0.5, 0.6) is 0 Å². The first kappa shape index (κ1) is 13.5. The zero-order valence-electron chi connectivity index (χ0n) is 12.2. The van der Waals surface area contributed by atoms with Crippen molar-refractivity contribution in [3.05, 3.63) is 11.7 Å². The maximum atomic E-state index is 11.2. The van der Waals surface area contributed by atoms with Gasteiger partial charge in [-0.25, -0.2) is 0 Å². The van der Waals surface area contributed by atoms with Gasteiger partial charge in [0.05, 0.1) is 12.5 Å². The molecule has 110 valence electrons. The Labute approximate surface area is 118 Å². The van der Waals surface area contributed by atoms with Crippen LogP contribution in [0.1, 0.15) is 51.7 Å². The molecule has 2 aliphatic heterocycles. The molecule has 1 aromatic rings. The van der Waals surface area contributed by atoms with Crippen LogP contribution in [-0.2, 0) is 16.8 Å². The number of hydrogen-bond donors (Lipinski definition) is 1. The molecule has 2 fully saturated rings. The predicted molar refractivity (Wildman–Crippen MR) is 71.1 cm³/mol. The molecule has 2 aliphatic rings. The molecule has 3 rings (SSSR count). The third-order valence-electron chi connectivity index (χ3n) is 4.46. The summed E-state index contributed by atoms with van der Waals surface area (Å²) in [5.74, 6) is 0.383. The number of carboxylic acid groups (broad SMARTS) is 1. The minimum Gasteiger partial charge on any atom is -0.481 e. The summed E-state index contributed by atoms with van der Waals surface area (Å²) in [7, 11) is 0. The smallest absolute Gasteiger partial charge is 0.308 e. The lowest BCUT2D eigenvalue weighted by Gasteiger charge is -2.20. The Morgan fingerprint density at radius 3 is 2.75 bits per heavy atom. The van der Waals surface area contributed by atoms with Crippen LogP contribution in [0.15, 0.2) is 4.52 Å². The molecule has 3 unspecified atom stereocenters. The van der Waals surface area contributed by atoms with Gasteiger partial charge in [-0.15, -0.1) is 0 Å². The van der Waals surface area contributed by atoms with Crippen LogP contribution in [0, 0.1) is 5.92 Å². The Morgan fingerprint density at radius 2 is 2.20 bits per heavy atom. The quantitative estimate of drug-likeness (QED) is 0.909. The summed E-state index contributed by atoms with van der Waals surface area (Å²) in [6.07, 6.45) is 2.79. The van der Waals surface area contributed by atoms with Gasteiger partial charge in [0.25, 0.3) is 0 Å². The lowest BCUT2D eigenvalue weighted by atomic mass is 9.89. The maximum Gasteiger partial charge on any atom is 0.308 e. The Balaban J connectivity index is 1.73. The van der Waals surface area contributed by atoms with E-state index in [9.17, 15) is 9.90 Å². The fourth-order valence-corrected chi connectivity index (χ4v) is 3.39. The molecule has 0 spiro atoms. The Kier molecular flexibility index (Phi) is 3.08. The van der Waals surface area contributed by atoms with Gasteiger partial charge in [-0.2, -0.15) is 4.98 Å². The number of aliphatic carboxylic acids is 1. The molecule has 1 N–H and O–H groups in total. The normalized spacial score (nSPS) is 30.1. The minimum absolute atomic E-state index is 0.127. The van der Waals surface area contributed by atoms with Crippen molar-refractivity contribution in [2.45, 2.75) is 64.1 Å². The summed E-state index contributed by atoms with van der Waals surface area (Å²) in [6, 6.07) is 0.480. The zero-order valence-corrected chi connectivity index (χ0v) is 12.2. The first-order valence-corrected chi connectivity index (χ1v) is 7.18. The van der Waals surface area contributed by atoms with E-state index in [1.54, 1.807) is 0 Å². The van der Waals surface area contributed by atoms with E-state index in [1.165, 1.54) is 0 Å². The molecule has 2 bridgehead atoms. The summed E-state index contributed by atoms with van der Waals surface area (Å²) in [4.78, 5) is 17.9. The molecule has 3 atom stereocenters. The van der Waals surface area contributed by atoms with Crippen LogP contribution < -0.4 is 0 Å². The maximum absolute atomic E-state index is 11.2. The van der Waals surface area contributed by atoms with Crippen LogP contribution in [0.2, 0.25) is 0 Å². The van der Waals surface area contributed by atoms with Gasteiger partial charge in [0.15, 0.2) is 5.82 Å². The number of nitrogens with zero attached hydrogens (tertiary/aromatic N) is 3. The van der Waals surface area contributed by atoms with Gasteiger partial charge in [0.1, 0.15) is 0 Å². The van der Waals surface area contributed by atoms with Gasteiger partial charge in [-0.3, -0.25) is 9.69 Å². The van der Waals surface area contributed by atoms with Crippen molar-refractivity contribution >= 4 is 5.97 Å². The first-order valence-electron chi connectivity index (χ1n) is 7.18. The highest BCUT2D eigenvalue weighted by Gasteiger charge is 2.49. The fourth-order valence-electron chi connectivity index (χ4n) is 3.39. The molecule has 0 aromatic carbocycles. The summed E-state index contributed by atoms with van der Waals surface area (Å²) in [6.45, 7) is 6.70. The van der Waals surface area contributed by atoms with E-state index in [1.807, 2.05) is 20.8 Å². The van der Waals surface area contributed by atoms with E-state index in [4.69, 9.17) is 4.52 Å². The van der Waals surface area contributed by atoms with E-state index in [0.29, 0.717) is 24.3 Å². The van der Waals surface area contributed by atoms with E-state index in [0.717, 1.165) is 19.3 Å². The molecule has 0 radical (unpaired) electrons. The molecule has 20 heavy (non-hydrogen) atoms. The van der Waals surface area contributed by atoms with Gasteiger partial charge in [0, 0.05) is 17.5 Å². The van der Waals surface area contributed by atoms with E-state index >= 15 is 0 Å². The van der Waals surface area contributed by atoms with E-state index < -0.39 is 5.97 Å². The monoisotopic (exact) mass is 279 g/mol. The van der Waals surface area contributed by atoms with Crippen molar-refractivity contribution in [3.63, 3.8) is 0 Å². The van der Waals surface area contributed by atoms with E-state index in [2.05, 4.69) is 15.0 Å². The van der Waals surface area contributed by atoms with Crippen LogP contribution in [0.25, 0.3) is 0 Å². The third kappa shape index (κ3) is 2.22. The first-order chi connectivity index (χ1) is 9.36. The van der Waals surface area contributed by atoms with Crippen LogP contribution in [-0.4, -0.2) is 38.2 Å². The highest BCUT2D eigenvalue weighted by molar-refractivity contribution is 5.71. The number of carboxylic acids is 1. The molecule has 6 nitrogen and oxygen atoms in total. The second-order valence-corrected chi connectivity index (χ2v) is 6.91. The molecule has 1 aromatic heterocycles. The second kappa shape index (κ2) is 4.55. The van der Waals surface area contributed by atoms with Gasteiger partial charge in [-0.05, 0) is 19.3 Å². The molecule has 6 heteroatoms. The number of rotatable bonds is 3. The largest absolute Gasteiger partial charge is 0.481 e. The Bertz CT molecular complexity index is 520. The SMILES string of the molecule is CC(C)(C)c1noc(CN2C3CCC2C(C(=O)O)C3)n1. The van der Waals surface area contributed by atoms with Crippen molar-refractivity contribution in [3.8, 4) is 0 Å². The third-order valence-corrected chi connectivity index (χ3v) is 4.46. The number of hydrogen-bond acceptors (Lipinski definition) is 5. The molecule has 3 heterocycles. The van der Waals surface area contributed by atoms with Crippen molar-refractivity contribution in [1.29, 1.82) is 0 Å². The number of carbonyl (C=O) groups is 1. The highest BCUT2D eigenvalue weighted by atomic mass is 16.5.